The summed E-state index contributed by atoms with van der Waals surface area (Å²) in [5, 5.41) is 0. The van der Waals surface area contributed by atoms with Gasteiger partial charge in [-0.15, -0.1) is 0 Å². The van der Waals surface area contributed by atoms with Crippen molar-refractivity contribution in [1.29, 1.82) is 0 Å². The standard InChI is InChI=1S/C19H13FINO5/c1-10(23)26-17-14(21)7-11(9-16(17)25-2)8-15-19(24)27-18(22-15)12-5-3-4-6-13(12)20/h3-9H,1-2H3/b15-8-. The van der Waals surface area contributed by atoms with E-state index in [0.717, 1.165) is 0 Å². The molecule has 0 amide bonds. The predicted molar refractivity (Wildman–Crippen MR) is 104 cm³/mol. The van der Waals surface area contributed by atoms with Crippen LogP contribution in [0.3, 0.4) is 0 Å². The van der Waals surface area contributed by atoms with Crippen molar-refractivity contribution < 1.29 is 28.2 Å². The molecule has 1 aliphatic heterocycles. The largest absolute Gasteiger partial charge is 0.493 e. The monoisotopic (exact) mass is 481 g/mol. The summed E-state index contributed by atoms with van der Waals surface area (Å²) in [6, 6.07) is 9.18. The number of halogens is 2. The summed E-state index contributed by atoms with van der Waals surface area (Å²) in [5.74, 6) is -1.18. The Morgan fingerprint density at radius 1 is 1.30 bits per heavy atom. The lowest BCUT2D eigenvalue weighted by Crippen LogP contribution is -2.07. The average Bonchev–Trinajstić information content (AvgIpc) is 2.97. The number of rotatable bonds is 4. The van der Waals surface area contributed by atoms with Gasteiger partial charge in [0.25, 0.3) is 0 Å². The summed E-state index contributed by atoms with van der Waals surface area (Å²) in [4.78, 5) is 27.4. The third-order valence-electron chi connectivity index (χ3n) is 3.53. The number of nitrogens with zero attached hydrogens (tertiary/aromatic N) is 1. The van der Waals surface area contributed by atoms with Gasteiger partial charge >= 0.3 is 11.9 Å². The number of carbonyl (C=O) groups excluding carboxylic acids is 2. The van der Waals surface area contributed by atoms with Gasteiger partial charge in [0, 0.05) is 6.92 Å². The average molecular weight is 481 g/mol. The molecule has 0 spiro atoms. The highest BCUT2D eigenvalue weighted by Crippen LogP contribution is 2.35. The first-order valence-electron chi connectivity index (χ1n) is 7.72. The molecule has 3 rings (SSSR count). The van der Waals surface area contributed by atoms with E-state index >= 15 is 0 Å². The molecule has 1 heterocycles. The molecule has 0 unspecified atom stereocenters. The summed E-state index contributed by atoms with van der Waals surface area (Å²) in [7, 11) is 1.44. The van der Waals surface area contributed by atoms with Gasteiger partial charge in [-0.25, -0.2) is 14.2 Å². The Morgan fingerprint density at radius 3 is 2.70 bits per heavy atom. The molecule has 6 nitrogen and oxygen atoms in total. The SMILES string of the molecule is COc1cc(/C=C2\N=C(c3ccccc3F)OC2=O)cc(I)c1OC(C)=O. The number of hydrogen-bond donors (Lipinski definition) is 0. The Bertz CT molecular complexity index is 1000. The minimum atomic E-state index is -0.689. The van der Waals surface area contributed by atoms with Gasteiger partial charge in [-0.3, -0.25) is 4.79 Å². The van der Waals surface area contributed by atoms with Crippen molar-refractivity contribution >= 4 is 46.5 Å². The number of methoxy groups -OCH3 is 1. The van der Waals surface area contributed by atoms with Crippen LogP contribution in [0, 0.1) is 9.39 Å². The molecule has 0 atom stereocenters. The van der Waals surface area contributed by atoms with Crippen LogP contribution in [0.25, 0.3) is 6.08 Å². The van der Waals surface area contributed by atoms with Crippen molar-refractivity contribution in [3.8, 4) is 11.5 Å². The minimum absolute atomic E-state index is 0.0198. The molecule has 2 aromatic rings. The molecule has 138 valence electrons. The summed E-state index contributed by atoms with van der Waals surface area (Å²) in [6.07, 6.45) is 1.48. The molecule has 2 aromatic carbocycles. The van der Waals surface area contributed by atoms with Crippen molar-refractivity contribution in [2.24, 2.45) is 4.99 Å². The maximum absolute atomic E-state index is 13.9. The smallest absolute Gasteiger partial charge is 0.363 e. The van der Waals surface area contributed by atoms with Gasteiger partial charge in [-0.1, -0.05) is 12.1 Å². The molecule has 8 heteroatoms. The van der Waals surface area contributed by atoms with Gasteiger partial charge in [-0.2, -0.15) is 0 Å². The van der Waals surface area contributed by atoms with Crippen LogP contribution in [0.2, 0.25) is 0 Å². The van der Waals surface area contributed by atoms with E-state index in [0.29, 0.717) is 14.9 Å². The zero-order valence-corrected chi connectivity index (χ0v) is 16.4. The Kier molecular flexibility index (Phi) is 5.54. The lowest BCUT2D eigenvalue weighted by atomic mass is 10.1. The first kappa shape index (κ1) is 19.0. The highest BCUT2D eigenvalue weighted by Gasteiger charge is 2.26. The van der Waals surface area contributed by atoms with Gasteiger partial charge in [-0.05, 0) is 58.5 Å². The van der Waals surface area contributed by atoms with Crippen LogP contribution in [-0.2, 0) is 14.3 Å². The zero-order chi connectivity index (χ0) is 19.6. The van der Waals surface area contributed by atoms with Gasteiger partial charge in [0.1, 0.15) is 5.82 Å². The summed E-state index contributed by atoms with van der Waals surface area (Å²) in [6.45, 7) is 1.29. The Hall–Kier alpha value is -2.75. The van der Waals surface area contributed by atoms with Gasteiger partial charge in [0.05, 0.1) is 16.2 Å². The van der Waals surface area contributed by atoms with Crippen molar-refractivity contribution in [2.75, 3.05) is 7.11 Å². The van der Waals surface area contributed by atoms with E-state index in [9.17, 15) is 14.0 Å². The summed E-state index contributed by atoms with van der Waals surface area (Å²) >= 11 is 1.99. The Morgan fingerprint density at radius 2 is 2.04 bits per heavy atom. The van der Waals surface area contributed by atoms with Crippen LogP contribution in [0.15, 0.2) is 47.1 Å². The van der Waals surface area contributed by atoms with E-state index in [1.165, 1.54) is 38.3 Å². The van der Waals surface area contributed by atoms with Crippen LogP contribution in [-0.4, -0.2) is 24.9 Å². The van der Waals surface area contributed by atoms with E-state index < -0.39 is 17.8 Å². The van der Waals surface area contributed by atoms with Crippen molar-refractivity contribution in [1.82, 2.24) is 0 Å². The molecule has 0 aromatic heterocycles. The highest BCUT2D eigenvalue weighted by atomic mass is 127. The van der Waals surface area contributed by atoms with Crippen LogP contribution in [0.1, 0.15) is 18.1 Å². The van der Waals surface area contributed by atoms with Gasteiger partial charge in [0.2, 0.25) is 5.90 Å². The minimum Gasteiger partial charge on any atom is -0.493 e. The molecule has 0 saturated heterocycles. The number of cyclic esters (lactones) is 1. The number of ether oxygens (including phenoxy) is 3. The molecule has 0 radical (unpaired) electrons. The third kappa shape index (κ3) is 4.16. The maximum Gasteiger partial charge on any atom is 0.363 e. The number of carbonyl (C=O) groups is 2. The topological polar surface area (TPSA) is 74.2 Å². The third-order valence-corrected chi connectivity index (χ3v) is 4.33. The lowest BCUT2D eigenvalue weighted by Gasteiger charge is -2.11. The van der Waals surface area contributed by atoms with Crippen LogP contribution in [0.4, 0.5) is 4.39 Å². The quantitative estimate of drug-likeness (QED) is 0.288. The molecule has 1 aliphatic rings. The second-order valence-electron chi connectivity index (χ2n) is 5.44. The molecule has 0 aliphatic carbocycles. The molecule has 27 heavy (non-hydrogen) atoms. The molecular weight excluding hydrogens is 468 g/mol. The van der Waals surface area contributed by atoms with Crippen molar-refractivity contribution in [3.05, 3.63) is 62.6 Å². The van der Waals surface area contributed by atoms with E-state index in [2.05, 4.69) is 4.99 Å². The first-order chi connectivity index (χ1) is 12.9. The van der Waals surface area contributed by atoms with Crippen LogP contribution >= 0.6 is 22.6 Å². The summed E-state index contributed by atoms with van der Waals surface area (Å²) < 4.78 is 30.0. The molecular formula is C19H13FINO5. The zero-order valence-electron chi connectivity index (χ0n) is 14.3. The fraction of sp³-hybridized carbons (Fsp3) is 0.105. The predicted octanol–water partition coefficient (Wildman–Crippen LogP) is 3.71. The van der Waals surface area contributed by atoms with Crippen molar-refractivity contribution in [2.45, 2.75) is 6.92 Å². The van der Waals surface area contributed by atoms with Gasteiger partial charge < -0.3 is 14.2 Å². The lowest BCUT2D eigenvalue weighted by molar-refractivity contribution is -0.132. The second-order valence-corrected chi connectivity index (χ2v) is 6.61. The van der Waals surface area contributed by atoms with E-state index in [1.807, 2.05) is 22.6 Å². The van der Waals surface area contributed by atoms with Crippen LogP contribution < -0.4 is 9.47 Å². The number of hydrogen-bond acceptors (Lipinski definition) is 6. The van der Waals surface area contributed by atoms with E-state index in [4.69, 9.17) is 14.2 Å². The van der Waals surface area contributed by atoms with E-state index in [1.54, 1.807) is 18.2 Å². The fourth-order valence-electron chi connectivity index (χ4n) is 2.38. The first-order valence-corrected chi connectivity index (χ1v) is 8.80. The van der Waals surface area contributed by atoms with Crippen LogP contribution in [0.5, 0.6) is 11.5 Å². The number of aliphatic imine (C=N–C) groups is 1. The fourth-order valence-corrected chi connectivity index (χ4v) is 3.12. The maximum atomic E-state index is 13.9. The molecule has 0 bridgehead atoms. The number of benzene rings is 2. The molecule has 0 saturated carbocycles. The highest BCUT2D eigenvalue weighted by molar-refractivity contribution is 14.1. The van der Waals surface area contributed by atoms with E-state index in [-0.39, 0.29) is 22.9 Å². The summed E-state index contributed by atoms with van der Waals surface area (Å²) in [5.41, 5.74) is 0.704. The molecule has 0 N–H and O–H groups in total. The Balaban J connectivity index is 1.99. The normalized spacial score (nSPS) is 14.7. The number of esters is 2. The Labute approximate surface area is 167 Å². The van der Waals surface area contributed by atoms with Crippen molar-refractivity contribution in [3.63, 3.8) is 0 Å². The van der Waals surface area contributed by atoms with Gasteiger partial charge in [0.15, 0.2) is 17.2 Å². The molecule has 0 fully saturated rings. The second kappa shape index (κ2) is 7.87.